The van der Waals surface area contributed by atoms with Gasteiger partial charge in [0.1, 0.15) is 34.2 Å². The molecule has 13 rings (SSSR count). The molecule has 24 heteroatoms. The Kier molecular flexibility index (Phi) is 41.4. The number of benzene rings is 9. The Morgan fingerprint density at radius 3 is 1.21 bits per heavy atom. The summed E-state index contributed by atoms with van der Waals surface area (Å²) < 4.78 is 19.2. The molecule has 9 aromatic carbocycles. The lowest BCUT2D eigenvalue weighted by atomic mass is 9.95. The molecule has 4 aliphatic rings. The molecule has 15 nitrogen and oxygen atoms in total. The Morgan fingerprint density at radius 2 is 0.788 bits per heavy atom. The van der Waals surface area contributed by atoms with E-state index < -0.39 is 11.2 Å². The summed E-state index contributed by atoms with van der Waals surface area (Å²) in [5, 5.41) is 62.6. The van der Waals surface area contributed by atoms with Crippen LogP contribution in [0, 0.1) is 71.1 Å². The van der Waals surface area contributed by atoms with Gasteiger partial charge in [-0.05, 0) is 351 Å². The van der Waals surface area contributed by atoms with Crippen LogP contribution in [0.5, 0.6) is 23.0 Å². The summed E-state index contributed by atoms with van der Waals surface area (Å²) in [6.45, 7) is 32.2. The van der Waals surface area contributed by atoms with Gasteiger partial charge in [0, 0.05) is 67.3 Å². The fourth-order valence-corrected chi connectivity index (χ4v) is 17.8. The van der Waals surface area contributed by atoms with Crippen molar-refractivity contribution in [2.75, 3.05) is 32.7 Å². The van der Waals surface area contributed by atoms with Crippen LogP contribution in [-0.2, 0) is 79.5 Å². The smallest absolute Gasteiger partial charge is 0.410 e. The third-order valence-corrected chi connectivity index (χ3v) is 21.9. The van der Waals surface area contributed by atoms with Crippen molar-refractivity contribution in [3.63, 3.8) is 0 Å². The molecule has 4 aliphatic heterocycles. The van der Waals surface area contributed by atoms with Crippen LogP contribution in [0.15, 0.2) is 175 Å². The number of alkyl halides is 1. The standard InChI is InChI=1S/C15H18N2O3.C14H18BrNO3.C10H12BrN.C9H10BrNO.C9H12BrN.C9H8BrN.C8H8Br2.C8H9Br.C7H7BrO/c1-15(2,3)20-14(19)17-5-4-10-6-12(18)7-11(8-16)13(10)9-17;1-14(2,3)19-13(18)16-5-4-9-6-10(17)7-12(15)11(9)8-16;1-7-4-8-2-3-12-6-9(8)10(11)5-7;10-9-4-7(12)3-6-1-2-11-5-8(6)9;2*1-7-4-8(2-3-11)6-9(10)5-7;1-6-2-7(5-9)4-8(10)3-6;1-6-3-7(2)5-8(9)4-6;1-5-2-6(8)4-7(9)3-5/h6-7,18H,4-5,9H2,1-3H3;6-7,17H,4-5,8H2,1-3H3;4-5,12H,2-3,6H2,1H3;3-4,11-12H,1-2,5H2;4-6H,2-3,11H2,1H3;4-6H,2H2,1H3;2-4H,5H2,1H3;3-5H,1-2H3;2-4,9H,1H3. The summed E-state index contributed by atoms with van der Waals surface area (Å²) in [4.78, 5) is 27.4. The first kappa shape index (κ1) is 97.5. The minimum Gasteiger partial charge on any atom is -0.508 e. The number of halogens is 9. The maximum Gasteiger partial charge on any atom is 0.410 e. The summed E-state index contributed by atoms with van der Waals surface area (Å²) in [5.41, 5.74) is 26.6. The molecule has 0 fully saturated rings. The first-order chi connectivity index (χ1) is 53.1. The molecule has 0 atom stereocenters. The van der Waals surface area contributed by atoms with Gasteiger partial charge in [-0.1, -0.05) is 174 Å². The van der Waals surface area contributed by atoms with Crippen molar-refractivity contribution in [2.45, 2.75) is 171 Å². The molecule has 0 saturated heterocycles. The maximum absolute atomic E-state index is 12.1. The third kappa shape index (κ3) is 36.1. The van der Waals surface area contributed by atoms with Gasteiger partial charge in [-0.3, -0.25) is 0 Å². The van der Waals surface area contributed by atoms with Gasteiger partial charge >= 0.3 is 12.2 Å². The van der Waals surface area contributed by atoms with Crippen molar-refractivity contribution in [1.29, 1.82) is 10.5 Å². The molecule has 0 aromatic heterocycles. The molecule has 0 radical (unpaired) electrons. The molecule has 113 heavy (non-hydrogen) atoms. The second-order valence-corrected chi connectivity index (χ2v) is 37.3. The van der Waals surface area contributed by atoms with Crippen LogP contribution < -0.4 is 16.4 Å². The van der Waals surface area contributed by atoms with Crippen LogP contribution in [0.25, 0.3) is 0 Å². The monoisotopic (exact) mass is 2110 g/mol. The van der Waals surface area contributed by atoms with E-state index in [0.717, 1.165) is 124 Å². The van der Waals surface area contributed by atoms with E-state index in [1.54, 1.807) is 46.2 Å². The number of nitrogens with two attached hydrogens (primary N) is 1. The van der Waals surface area contributed by atoms with E-state index in [4.69, 9.17) is 30.8 Å². The number of hydrogen-bond donors (Lipinski definition) is 7. The number of nitrogens with one attached hydrogen (secondary N) is 2. The van der Waals surface area contributed by atoms with Crippen molar-refractivity contribution >= 4 is 156 Å². The van der Waals surface area contributed by atoms with Crippen LogP contribution in [0.1, 0.15) is 147 Å². The predicted molar refractivity (Wildman–Crippen MR) is 490 cm³/mol. The van der Waals surface area contributed by atoms with Crippen LogP contribution in [0.2, 0.25) is 0 Å². The van der Waals surface area contributed by atoms with Crippen LogP contribution >= 0.6 is 143 Å². The Hall–Kier alpha value is -6.10. The van der Waals surface area contributed by atoms with Gasteiger partial charge in [0.2, 0.25) is 0 Å². The number of nitrogens with zero attached hydrogens (tertiary/aromatic N) is 4. The van der Waals surface area contributed by atoms with E-state index in [1.165, 1.54) is 81.8 Å². The molecule has 2 amide bonds. The zero-order valence-electron chi connectivity index (χ0n) is 66.3. The van der Waals surface area contributed by atoms with E-state index in [-0.39, 0.29) is 23.7 Å². The summed E-state index contributed by atoms with van der Waals surface area (Å²) in [7, 11) is 0. The lowest BCUT2D eigenvalue weighted by Crippen LogP contribution is -2.40. The maximum atomic E-state index is 12.1. The second-order valence-electron chi connectivity index (χ2n) is 29.6. The zero-order valence-corrected chi connectivity index (χ0v) is 80.6. The minimum absolute atomic E-state index is 0.0889. The molecule has 9 aromatic rings. The number of aromatic hydroxyl groups is 4. The largest absolute Gasteiger partial charge is 0.508 e. The molecule has 0 saturated carbocycles. The van der Waals surface area contributed by atoms with Gasteiger partial charge in [0.15, 0.2) is 0 Å². The number of nitriles is 2. The molecular weight excluding hydrogens is 2010 g/mol. The zero-order chi connectivity index (χ0) is 84.0. The number of fused-ring (bicyclic) bond motifs is 4. The van der Waals surface area contributed by atoms with Crippen molar-refractivity contribution < 1.29 is 39.5 Å². The van der Waals surface area contributed by atoms with Gasteiger partial charge in [-0.25, -0.2) is 9.59 Å². The van der Waals surface area contributed by atoms with E-state index in [2.05, 4.69) is 267 Å². The van der Waals surface area contributed by atoms with Gasteiger partial charge in [-0.15, -0.1) is 0 Å². The summed E-state index contributed by atoms with van der Waals surface area (Å²) in [6, 6.07) is 49.2. The number of aryl methyl sites for hydroxylation is 7. The number of carbonyl (C=O) groups excluding carboxylic acids is 2. The average Bonchev–Trinajstić information content (AvgIpc) is 0.809. The number of phenols is 4. The minimum atomic E-state index is -0.537. The number of ether oxygens (including phenoxy) is 2. The summed E-state index contributed by atoms with van der Waals surface area (Å²) >= 11 is 30.8. The lowest BCUT2D eigenvalue weighted by molar-refractivity contribution is 0.0213. The number of rotatable bonds is 4. The summed E-state index contributed by atoms with van der Waals surface area (Å²) in [5.74, 6) is 0.992. The molecule has 0 spiro atoms. The summed E-state index contributed by atoms with van der Waals surface area (Å²) in [6.07, 6.45) is 4.27. The van der Waals surface area contributed by atoms with Crippen LogP contribution in [-0.4, -0.2) is 86.3 Å². The SMILES string of the molecule is CC(C)(C)OC(=O)N1CCc2cc(O)cc(Br)c2C1.CC(C)(C)OC(=O)N1CCc2cc(O)cc(C#N)c2C1.Cc1cc(Br)c2c(c1)CCNC2.Cc1cc(Br)cc(CBr)c1.Cc1cc(Br)cc(CC#N)c1.Cc1cc(Br)cc(CCN)c1.Cc1cc(C)cc(Br)c1.Cc1cc(O)cc(Br)c1.Oc1cc(Br)c2c(c1)CCNC2. The number of carbonyl (C=O) groups is 2. The Morgan fingerprint density at radius 1 is 0.434 bits per heavy atom. The molecule has 604 valence electrons. The van der Waals surface area contributed by atoms with Crippen molar-refractivity contribution in [2.24, 2.45) is 5.73 Å². The molecular formula is C89H102Br9N7O8. The predicted octanol–water partition coefficient (Wildman–Crippen LogP) is 24.5. The first-order valence-corrected chi connectivity index (χ1v) is 44.1. The molecule has 0 unspecified atom stereocenters. The normalized spacial score (nSPS) is 12.7. The highest BCUT2D eigenvalue weighted by molar-refractivity contribution is 9.11. The van der Waals surface area contributed by atoms with E-state index in [0.29, 0.717) is 56.1 Å². The van der Waals surface area contributed by atoms with E-state index in [9.17, 15) is 24.9 Å². The second kappa shape index (κ2) is 47.9. The van der Waals surface area contributed by atoms with Crippen molar-refractivity contribution in [3.05, 3.63) is 281 Å². The van der Waals surface area contributed by atoms with Crippen molar-refractivity contribution in [3.8, 4) is 35.1 Å². The Labute approximate surface area is 744 Å². The van der Waals surface area contributed by atoms with Crippen LogP contribution in [0.3, 0.4) is 0 Å². The van der Waals surface area contributed by atoms with Gasteiger partial charge < -0.3 is 56.1 Å². The highest BCUT2D eigenvalue weighted by Crippen LogP contribution is 2.34. The van der Waals surface area contributed by atoms with E-state index >= 15 is 0 Å². The Bertz CT molecular complexity index is 4510. The first-order valence-electron chi connectivity index (χ1n) is 36.7. The quantitative estimate of drug-likeness (QED) is 0.0813. The number of phenolic OH excluding ortho intramolecular Hbond substituents is 4. The van der Waals surface area contributed by atoms with Gasteiger partial charge in [-0.2, -0.15) is 10.5 Å². The topological polar surface area (TPSA) is 238 Å². The van der Waals surface area contributed by atoms with Gasteiger partial charge in [0.25, 0.3) is 0 Å². The van der Waals surface area contributed by atoms with Crippen LogP contribution in [0.4, 0.5) is 9.59 Å². The van der Waals surface area contributed by atoms with E-state index in [1.807, 2.05) is 85.7 Å². The average molecular weight is 2120 g/mol. The number of amides is 2. The van der Waals surface area contributed by atoms with Gasteiger partial charge in [0.05, 0.1) is 37.2 Å². The van der Waals surface area contributed by atoms with Crippen molar-refractivity contribution in [1.82, 2.24) is 20.4 Å². The molecule has 0 aliphatic carbocycles. The highest BCUT2D eigenvalue weighted by atomic mass is 79.9. The molecule has 4 heterocycles. The molecule has 8 N–H and O–H groups in total. The third-order valence-electron chi connectivity index (χ3n) is 16.9. The Balaban J connectivity index is 0.000000230. The highest BCUT2D eigenvalue weighted by Gasteiger charge is 2.29. The lowest BCUT2D eigenvalue weighted by Gasteiger charge is -2.31. The number of hydrogen-bond acceptors (Lipinski definition) is 13. The molecule has 0 bridgehead atoms. The fourth-order valence-electron chi connectivity index (χ4n) is 12.2. The fraction of sp³-hybridized carbons (Fsp3) is 0.348.